The van der Waals surface area contributed by atoms with Gasteiger partial charge in [0.15, 0.2) is 0 Å². The number of hydrogen-bond donors (Lipinski definition) is 1. The maximum atomic E-state index is 5.62. The van der Waals surface area contributed by atoms with Crippen molar-refractivity contribution in [3.63, 3.8) is 0 Å². The van der Waals surface area contributed by atoms with Crippen molar-refractivity contribution in [2.45, 2.75) is 36.5 Å². The summed E-state index contributed by atoms with van der Waals surface area (Å²) in [6.45, 7) is 2.77. The zero-order chi connectivity index (χ0) is 13.0. The minimum atomic E-state index is 0.158. The third-order valence-corrected chi connectivity index (χ3v) is 4.09. The lowest BCUT2D eigenvalue weighted by molar-refractivity contribution is -0.118. The van der Waals surface area contributed by atoms with Crippen molar-refractivity contribution in [1.82, 2.24) is 0 Å². The standard InChI is InChI=1S/C14H21NO2S/c1-4-17-13-9-12(14(13)16-2)15-10-5-7-11(18-3)8-6-10/h5-8,12-15H,4,9H2,1-3H3. The maximum absolute atomic E-state index is 5.62. The average molecular weight is 267 g/mol. The monoisotopic (exact) mass is 267 g/mol. The number of methoxy groups -OCH3 is 1. The van der Waals surface area contributed by atoms with Crippen LogP contribution >= 0.6 is 11.8 Å². The molecule has 4 heteroatoms. The van der Waals surface area contributed by atoms with Gasteiger partial charge in [0.25, 0.3) is 0 Å². The molecule has 3 atom stereocenters. The zero-order valence-corrected chi connectivity index (χ0v) is 12.0. The summed E-state index contributed by atoms with van der Waals surface area (Å²) in [6, 6.07) is 8.85. The van der Waals surface area contributed by atoms with Gasteiger partial charge in [0.1, 0.15) is 6.10 Å². The van der Waals surface area contributed by atoms with E-state index in [1.165, 1.54) is 4.90 Å². The second kappa shape index (κ2) is 6.45. The first-order valence-electron chi connectivity index (χ1n) is 6.33. The van der Waals surface area contributed by atoms with Crippen LogP contribution in [0.4, 0.5) is 5.69 Å². The molecule has 1 aliphatic carbocycles. The molecule has 18 heavy (non-hydrogen) atoms. The van der Waals surface area contributed by atoms with E-state index in [1.807, 2.05) is 6.92 Å². The summed E-state index contributed by atoms with van der Waals surface area (Å²) in [5, 5.41) is 3.50. The van der Waals surface area contributed by atoms with Gasteiger partial charge in [0.2, 0.25) is 0 Å². The Hall–Kier alpha value is -0.710. The third-order valence-electron chi connectivity index (χ3n) is 3.34. The molecule has 1 aromatic carbocycles. The number of hydrogen-bond acceptors (Lipinski definition) is 4. The first kappa shape index (κ1) is 13.7. The van der Waals surface area contributed by atoms with Crippen molar-refractivity contribution in [2.24, 2.45) is 0 Å². The van der Waals surface area contributed by atoms with Gasteiger partial charge in [-0.15, -0.1) is 11.8 Å². The number of thioether (sulfide) groups is 1. The lowest BCUT2D eigenvalue weighted by Gasteiger charge is -2.43. The Morgan fingerprint density at radius 2 is 2.06 bits per heavy atom. The maximum Gasteiger partial charge on any atom is 0.103 e. The van der Waals surface area contributed by atoms with Crippen LogP contribution in [-0.2, 0) is 9.47 Å². The predicted octanol–water partition coefficient (Wildman–Crippen LogP) is 3.01. The van der Waals surface area contributed by atoms with E-state index in [0.29, 0.717) is 6.04 Å². The second-order valence-electron chi connectivity index (χ2n) is 4.41. The molecule has 0 amide bonds. The molecule has 3 nitrogen and oxygen atoms in total. The van der Waals surface area contributed by atoms with Gasteiger partial charge in [-0.25, -0.2) is 0 Å². The van der Waals surface area contributed by atoms with Crippen LogP contribution in [0.5, 0.6) is 0 Å². The normalized spacial score (nSPS) is 26.7. The quantitative estimate of drug-likeness (QED) is 0.803. The summed E-state index contributed by atoms with van der Waals surface area (Å²) in [4.78, 5) is 1.28. The Balaban J connectivity index is 1.89. The highest BCUT2D eigenvalue weighted by molar-refractivity contribution is 7.98. The summed E-state index contributed by atoms with van der Waals surface area (Å²) in [6.07, 6.45) is 3.49. The first-order chi connectivity index (χ1) is 8.78. The van der Waals surface area contributed by atoms with E-state index in [-0.39, 0.29) is 12.2 Å². The van der Waals surface area contributed by atoms with E-state index in [9.17, 15) is 0 Å². The molecular weight excluding hydrogens is 246 g/mol. The smallest absolute Gasteiger partial charge is 0.103 e. The molecule has 0 bridgehead atoms. The summed E-state index contributed by atoms with van der Waals surface area (Å²) < 4.78 is 11.1. The van der Waals surface area contributed by atoms with Crippen LogP contribution in [0.3, 0.4) is 0 Å². The Kier molecular flexibility index (Phi) is 4.92. The summed E-state index contributed by atoms with van der Waals surface area (Å²) >= 11 is 1.76. The van der Waals surface area contributed by atoms with Crippen molar-refractivity contribution in [2.75, 3.05) is 25.3 Å². The minimum absolute atomic E-state index is 0.158. The molecule has 0 heterocycles. The van der Waals surface area contributed by atoms with Crippen LogP contribution in [-0.4, -0.2) is 38.2 Å². The zero-order valence-electron chi connectivity index (χ0n) is 11.2. The number of nitrogens with one attached hydrogen (secondary N) is 1. The van der Waals surface area contributed by atoms with Gasteiger partial charge in [0.05, 0.1) is 12.1 Å². The van der Waals surface area contributed by atoms with Crippen LogP contribution in [0.1, 0.15) is 13.3 Å². The van der Waals surface area contributed by atoms with E-state index in [0.717, 1.165) is 18.7 Å². The highest BCUT2D eigenvalue weighted by atomic mass is 32.2. The fourth-order valence-corrected chi connectivity index (χ4v) is 2.73. The van der Waals surface area contributed by atoms with E-state index in [1.54, 1.807) is 18.9 Å². The fourth-order valence-electron chi connectivity index (χ4n) is 2.32. The highest BCUT2D eigenvalue weighted by Crippen LogP contribution is 2.30. The summed E-state index contributed by atoms with van der Waals surface area (Å²) in [7, 11) is 1.75. The number of anilines is 1. The Bertz CT molecular complexity index is 369. The van der Waals surface area contributed by atoms with Gasteiger partial charge in [0, 0.05) is 24.3 Å². The molecule has 1 aromatic rings. The molecular formula is C14H21NO2S. The summed E-state index contributed by atoms with van der Waals surface area (Å²) in [5.41, 5.74) is 1.15. The molecule has 0 aliphatic heterocycles. The molecule has 0 aromatic heterocycles. The van der Waals surface area contributed by atoms with Crippen LogP contribution in [0.2, 0.25) is 0 Å². The Morgan fingerprint density at radius 3 is 2.61 bits per heavy atom. The van der Waals surface area contributed by atoms with Crippen LogP contribution in [0.15, 0.2) is 29.2 Å². The van der Waals surface area contributed by atoms with E-state index in [4.69, 9.17) is 9.47 Å². The first-order valence-corrected chi connectivity index (χ1v) is 7.56. The molecule has 0 spiro atoms. The van der Waals surface area contributed by atoms with Crippen molar-refractivity contribution in [3.05, 3.63) is 24.3 Å². The molecule has 100 valence electrons. The lowest BCUT2D eigenvalue weighted by Crippen LogP contribution is -2.56. The minimum Gasteiger partial charge on any atom is -0.379 e. The van der Waals surface area contributed by atoms with E-state index < -0.39 is 0 Å². The second-order valence-corrected chi connectivity index (χ2v) is 5.29. The fraction of sp³-hybridized carbons (Fsp3) is 0.571. The van der Waals surface area contributed by atoms with Crippen LogP contribution in [0.25, 0.3) is 0 Å². The molecule has 0 radical (unpaired) electrons. The van der Waals surface area contributed by atoms with Crippen LogP contribution in [0, 0.1) is 0 Å². The van der Waals surface area contributed by atoms with Gasteiger partial charge in [-0.1, -0.05) is 0 Å². The van der Waals surface area contributed by atoms with Gasteiger partial charge >= 0.3 is 0 Å². The van der Waals surface area contributed by atoms with Gasteiger partial charge < -0.3 is 14.8 Å². The largest absolute Gasteiger partial charge is 0.379 e. The van der Waals surface area contributed by atoms with Crippen molar-refractivity contribution in [1.29, 1.82) is 0 Å². The van der Waals surface area contributed by atoms with E-state index in [2.05, 4.69) is 35.8 Å². The third kappa shape index (κ3) is 2.99. The molecule has 1 saturated carbocycles. The molecule has 1 aliphatic rings. The van der Waals surface area contributed by atoms with Crippen LogP contribution < -0.4 is 5.32 Å². The molecule has 1 fully saturated rings. The topological polar surface area (TPSA) is 30.5 Å². The Labute approximate surface area is 113 Å². The number of ether oxygens (including phenoxy) is 2. The van der Waals surface area contributed by atoms with Crippen molar-refractivity contribution < 1.29 is 9.47 Å². The van der Waals surface area contributed by atoms with E-state index >= 15 is 0 Å². The van der Waals surface area contributed by atoms with Crippen molar-refractivity contribution in [3.8, 4) is 0 Å². The average Bonchev–Trinajstić information content (AvgIpc) is 2.38. The predicted molar refractivity (Wildman–Crippen MR) is 76.5 cm³/mol. The Morgan fingerprint density at radius 1 is 1.33 bits per heavy atom. The number of benzene rings is 1. The van der Waals surface area contributed by atoms with Crippen molar-refractivity contribution >= 4 is 17.4 Å². The van der Waals surface area contributed by atoms with Gasteiger partial charge in [-0.05, 0) is 43.9 Å². The molecule has 1 N–H and O–H groups in total. The van der Waals surface area contributed by atoms with Gasteiger partial charge in [-0.3, -0.25) is 0 Å². The van der Waals surface area contributed by atoms with Gasteiger partial charge in [-0.2, -0.15) is 0 Å². The lowest BCUT2D eigenvalue weighted by atomic mass is 9.85. The summed E-state index contributed by atoms with van der Waals surface area (Å²) in [5.74, 6) is 0. The number of rotatable bonds is 6. The molecule has 0 saturated heterocycles. The SMILES string of the molecule is CCOC1CC(Nc2ccc(SC)cc2)C1OC. The molecule has 3 unspecified atom stereocenters. The highest BCUT2D eigenvalue weighted by Gasteiger charge is 2.42. The molecule has 2 rings (SSSR count).